The molecule has 1 aromatic carbocycles. The number of nitrogens with zero attached hydrogens (tertiary/aromatic N) is 3. The van der Waals surface area contributed by atoms with Crippen LogP contribution in [0.1, 0.15) is 25.7 Å². The first-order valence-corrected chi connectivity index (χ1v) is 12.4. The van der Waals surface area contributed by atoms with Gasteiger partial charge in [-0.25, -0.2) is 4.68 Å². The monoisotopic (exact) mass is 545 g/mol. The van der Waals surface area contributed by atoms with E-state index in [2.05, 4.69) is 27.3 Å². The van der Waals surface area contributed by atoms with Crippen molar-refractivity contribution in [3.8, 4) is 22.8 Å². The summed E-state index contributed by atoms with van der Waals surface area (Å²) in [7, 11) is 0. The summed E-state index contributed by atoms with van der Waals surface area (Å²) in [5.74, 6) is -0.0864. The highest BCUT2D eigenvalue weighted by molar-refractivity contribution is 6.42. The average Bonchev–Trinajstić information content (AvgIpc) is 3.30. The number of nitrogens with two attached hydrogens (primary N) is 2. The molecule has 0 saturated heterocycles. The van der Waals surface area contributed by atoms with Crippen molar-refractivity contribution in [2.45, 2.75) is 31.7 Å². The molecule has 196 valence electrons. The highest BCUT2D eigenvalue weighted by atomic mass is 35.5. The summed E-state index contributed by atoms with van der Waals surface area (Å²) in [5, 5.41) is 11.0. The molecule has 0 bridgehead atoms. The quantitative estimate of drug-likeness (QED) is 0.227. The number of aromatic nitrogens is 3. The van der Waals surface area contributed by atoms with Crippen molar-refractivity contribution >= 4 is 35.0 Å². The zero-order valence-corrected chi connectivity index (χ0v) is 21.6. The first kappa shape index (κ1) is 27.8. The Hall–Kier alpha value is -3.76. The molecule has 3 aromatic rings. The SMILES string of the molecule is C=C(N)NCCC[C@H](NC(=O)CCCOc1cc(-c2cccnc2)nn1-c1ccc(Cl)c(Cl)c1)C(N)=O. The summed E-state index contributed by atoms with van der Waals surface area (Å²) in [4.78, 5) is 28.2. The minimum Gasteiger partial charge on any atom is -0.478 e. The Morgan fingerprint density at radius 1 is 1.14 bits per heavy atom. The van der Waals surface area contributed by atoms with Gasteiger partial charge in [-0.3, -0.25) is 14.6 Å². The van der Waals surface area contributed by atoms with Crippen LogP contribution in [0.2, 0.25) is 10.0 Å². The predicted octanol–water partition coefficient (Wildman–Crippen LogP) is 3.17. The Bertz CT molecular complexity index is 1230. The number of carbonyl (C=O) groups is 2. The number of nitrogens with one attached hydrogen (secondary N) is 2. The van der Waals surface area contributed by atoms with E-state index in [1.54, 1.807) is 41.3 Å². The van der Waals surface area contributed by atoms with E-state index in [0.717, 1.165) is 5.56 Å². The van der Waals surface area contributed by atoms with Gasteiger partial charge in [-0.2, -0.15) is 5.10 Å². The van der Waals surface area contributed by atoms with Crippen LogP contribution in [-0.2, 0) is 9.59 Å². The molecule has 12 heteroatoms. The van der Waals surface area contributed by atoms with Gasteiger partial charge in [-0.1, -0.05) is 29.8 Å². The van der Waals surface area contributed by atoms with Gasteiger partial charge in [0.25, 0.3) is 0 Å². The van der Waals surface area contributed by atoms with Gasteiger partial charge in [0.15, 0.2) is 0 Å². The molecule has 2 amide bonds. The van der Waals surface area contributed by atoms with Gasteiger partial charge in [0, 0.05) is 37.0 Å². The fourth-order valence-corrected chi connectivity index (χ4v) is 3.73. The molecule has 37 heavy (non-hydrogen) atoms. The molecule has 6 N–H and O–H groups in total. The molecule has 0 spiro atoms. The lowest BCUT2D eigenvalue weighted by molar-refractivity contribution is -0.127. The van der Waals surface area contributed by atoms with E-state index in [-0.39, 0.29) is 18.9 Å². The molecule has 2 aromatic heterocycles. The van der Waals surface area contributed by atoms with Crippen molar-refractivity contribution < 1.29 is 14.3 Å². The van der Waals surface area contributed by atoms with E-state index >= 15 is 0 Å². The average molecular weight is 546 g/mol. The standard InChI is InChI=1S/C25H29Cl2N7O3/c1-16(28)31-11-3-6-21(25(29)36)32-23(35)7-4-12-37-24-14-22(17-5-2-10-30-15-17)33-34(24)18-8-9-19(26)20(27)13-18/h2,5,8-10,13-15,21,31H,1,3-4,6-7,11-12,28H2,(H2,29,36)(H,32,35)/t21-/m0/s1. The van der Waals surface area contributed by atoms with Crippen molar-refractivity contribution in [1.82, 2.24) is 25.4 Å². The molecule has 3 rings (SSSR count). The molecule has 0 radical (unpaired) electrons. The molecule has 0 fully saturated rings. The summed E-state index contributed by atoms with van der Waals surface area (Å²) in [6, 6.07) is 9.87. The van der Waals surface area contributed by atoms with E-state index in [9.17, 15) is 9.59 Å². The lowest BCUT2D eigenvalue weighted by Crippen LogP contribution is -2.44. The molecule has 2 heterocycles. The van der Waals surface area contributed by atoms with Crippen LogP contribution >= 0.6 is 23.2 Å². The first-order chi connectivity index (χ1) is 17.7. The molecule has 0 unspecified atom stereocenters. The number of amides is 2. The Labute approximate surface area is 225 Å². The highest BCUT2D eigenvalue weighted by Crippen LogP contribution is 2.29. The van der Waals surface area contributed by atoms with Crippen LogP contribution in [-0.4, -0.2) is 45.8 Å². The number of benzene rings is 1. The molecule has 10 nitrogen and oxygen atoms in total. The van der Waals surface area contributed by atoms with Gasteiger partial charge < -0.3 is 26.8 Å². The van der Waals surface area contributed by atoms with E-state index in [4.69, 9.17) is 39.4 Å². The summed E-state index contributed by atoms with van der Waals surface area (Å²) in [6.07, 6.45) is 4.91. The second-order valence-corrected chi connectivity index (χ2v) is 9.00. The third kappa shape index (κ3) is 8.40. The lowest BCUT2D eigenvalue weighted by Gasteiger charge is -2.16. The molecule has 0 aliphatic heterocycles. The molecular formula is C25H29Cl2N7O3. The maximum atomic E-state index is 12.4. The van der Waals surface area contributed by atoms with Crippen molar-refractivity contribution in [1.29, 1.82) is 0 Å². The number of halogens is 2. The lowest BCUT2D eigenvalue weighted by atomic mass is 10.1. The van der Waals surface area contributed by atoms with Gasteiger partial charge >= 0.3 is 0 Å². The van der Waals surface area contributed by atoms with Crippen molar-refractivity contribution in [2.24, 2.45) is 11.5 Å². The summed E-state index contributed by atoms with van der Waals surface area (Å²) < 4.78 is 7.58. The normalized spacial score (nSPS) is 11.5. The molecular weight excluding hydrogens is 517 g/mol. The second-order valence-electron chi connectivity index (χ2n) is 8.19. The summed E-state index contributed by atoms with van der Waals surface area (Å²) in [6.45, 7) is 4.30. The molecule has 0 saturated carbocycles. The van der Waals surface area contributed by atoms with Gasteiger partial charge in [0.05, 0.1) is 33.9 Å². The fraction of sp³-hybridized carbons (Fsp3) is 0.280. The van der Waals surface area contributed by atoms with Crippen molar-refractivity contribution in [3.63, 3.8) is 0 Å². The summed E-state index contributed by atoms with van der Waals surface area (Å²) >= 11 is 12.3. The van der Waals surface area contributed by atoms with Gasteiger partial charge in [-0.15, -0.1) is 0 Å². The van der Waals surface area contributed by atoms with Crippen LogP contribution in [0, 0.1) is 0 Å². The van der Waals surface area contributed by atoms with Crippen LogP contribution in [0.5, 0.6) is 5.88 Å². The first-order valence-electron chi connectivity index (χ1n) is 11.6. The minimum absolute atomic E-state index is 0.151. The third-order valence-corrected chi connectivity index (χ3v) is 6.02. The maximum Gasteiger partial charge on any atom is 0.240 e. The molecule has 0 aliphatic carbocycles. The third-order valence-electron chi connectivity index (χ3n) is 5.28. The molecule has 1 atom stereocenters. The Morgan fingerprint density at radius 3 is 2.62 bits per heavy atom. The van der Waals surface area contributed by atoms with E-state index in [1.807, 2.05) is 12.1 Å². The van der Waals surface area contributed by atoms with Crippen LogP contribution < -0.4 is 26.8 Å². The number of primary amides is 1. The zero-order chi connectivity index (χ0) is 26.8. The van der Waals surface area contributed by atoms with Crippen molar-refractivity contribution in [3.05, 3.63) is 71.2 Å². The topological polar surface area (TPSA) is 150 Å². The minimum atomic E-state index is -0.764. The second kappa shape index (κ2) is 13.5. The van der Waals surface area contributed by atoms with Crippen LogP contribution in [0.15, 0.2) is 61.2 Å². The number of pyridine rings is 1. The largest absolute Gasteiger partial charge is 0.478 e. The smallest absolute Gasteiger partial charge is 0.240 e. The summed E-state index contributed by atoms with van der Waals surface area (Å²) in [5.41, 5.74) is 13.0. The van der Waals surface area contributed by atoms with Gasteiger partial charge in [0.2, 0.25) is 17.7 Å². The number of ether oxygens (including phenoxy) is 1. The van der Waals surface area contributed by atoms with Crippen LogP contribution in [0.4, 0.5) is 0 Å². The van der Waals surface area contributed by atoms with Gasteiger partial charge in [-0.05, 0) is 49.6 Å². The maximum absolute atomic E-state index is 12.4. The van der Waals surface area contributed by atoms with Crippen molar-refractivity contribution in [2.75, 3.05) is 13.2 Å². The number of hydrogen-bond acceptors (Lipinski definition) is 7. The van der Waals surface area contributed by atoms with E-state index < -0.39 is 11.9 Å². The predicted molar refractivity (Wildman–Crippen MR) is 143 cm³/mol. The Morgan fingerprint density at radius 2 is 1.95 bits per heavy atom. The van der Waals surface area contributed by atoms with Crippen LogP contribution in [0.25, 0.3) is 16.9 Å². The van der Waals surface area contributed by atoms with E-state index in [0.29, 0.717) is 58.9 Å². The van der Waals surface area contributed by atoms with Gasteiger partial charge in [0.1, 0.15) is 6.04 Å². The fourth-order valence-electron chi connectivity index (χ4n) is 3.44. The highest BCUT2D eigenvalue weighted by Gasteiger charge is 2.18. The van der Waals surface area contributed by atoms with Crippen LogP contribution in [0.3, 0.4) is 0 Å². The Kier molecular flexibility index (Phi) is 10.2. The number of carbonyl (C=O) groups excluding carboxylic acids is 2. The molecule has 0 aliphatic rings. The van der Waals surface area contributed by atoms with E-state index in [1.165, 1.54) is 0 Å². The number of rotatable bonds is 14. The zero-order valence-electron chi connectivity index (χ0n) is 20.1. The Balaban J connectivity index is 1.60. The number of hydrogen-bond donors (Lipinski definition) is 4.